The molecule has 54 nitrogen and oxygen atoms in total. The van der Waals surface area contributed by atoms with Gasteiger partial charge < -0.3 is 37.7 Å². The van der Waals surface area contributed by atoms with E-state index >= 15 is 0 Å². The first-order valence-corrected chi connectivity index (χ1v) is 49.5. The third-order valence-corrected chi connectivity index (χ3v) is 27.8. The number of phenols is 3. The van der Waals surface area contributed by atoms with Crippen LogP contribution in [0.4, 0.5) is 68.2 Å². The van der Waals surface area contributed by atoms with Gasteiger partial charge in [-0.15, -0.1) is 37.0 Å². The molecule has 0 saturated carbocycles. The van der Waals surface area contributed by atoms with Crippen LogP contribution < -0.4 is 17.2 Å². The quantitative estimate of drug-likeness (QED) is 0.00198. The second-order valence-electron chi connectivity index (χ2n) is 26.5. The van der Waals surface area contributed by atoms with E-state index in [2.05, 4.69) is 82.7 Å². The van der Waals surface area contributed by atoms with Crippen molar-refractivity contribution in [1.82, 2.24) is 0 Å². The number of nitro groups is 1. The summed E-state index contributed by atoms with van der Waals surface area (Å²) >= 11 is 1.69. The highest BCUT2D eigenvalue weighted by Crippen LogP contribution is 2.51. The summed E-state index contributed by atoms with van der Waals surface area (Å²) in [5, 5.41) is 146. The standard InChI is InChI=1S/C48H36N8O27S8.C24H18N4O15S4.H2/c49-35-15-13-31-33(47(35)90(72,73)74)21-39(86-83-80-62)43(45(31)57)53-51-27-9-5-23(37(17-27)84-81-78-60)1-3-26-7-11-29(19-41(26)88(66,67)68)55-56(59)30-12-8-24(38(20-30)85-82-79-61)2-4-25-6-10-28(18-40(25)87(63,64)65)52-54-44-42(89(69,70)71)22-34-32(46(44)58)14-16-36(50)48(34)91(75,76)77;25-18-8-7-16-17(24(18)47(37,38)39)11-20(45-43-41-33)22(23(16)29)27-26-14-5-3-12(19(9-14)44-42-40-32)1-2-13-4-6-15(28(30)31)10-21(13)46(34,35)36;/h1-22,57-58,60-62H,49-50H2,(H,63,64,65)(H,66,67,68)(H,69,70,71)(H,72,73,74)(H,75,76,77);1-11,29,32-33H,25H2,(H,34,35,36)(H,37,38,39);1H/b3-1+,4-2+,53-51?,54-52?,56-55?;2-1+,27-26?;/i;;1+1. The molecule has 138 heavy (non-hydrogen) atoms. The van der Waals surface area contributed by atoms with Crippen molar-refractivity contribution in [3.63, 3.8) is 0 Å². The molecule has 0 atom stereocenters. The number of nitrogen functional groups attached to an aromatic ring is 3. The number of phenolic OH excluding ortho intramolecular Hbond substituents is 3. The lowest BCUT2D eigenvalue weighted by Gasteiger charge is -2.12. The Balaban J connectivity index is 0.000000348. The highest BCUT2D eigenvalue weighted by molar-refractivity contribution is 7.95. The maximum absolute atomic E-state index is 13.5. The van der Waals surface area contributed by atoms with Crippen LogP contribution in [-0.4, -0.2) is 142 Å². The molecule has 0 heterocycles. The van der Waals surface area contributed by atoms with Gasteiger partial charge in [0.15, 0.2) is 17.2 Å². The van der Waals surface area contributed by atoms with Crippen molar-refractivity contribution in [2.24, 2.45) is 35.8 Å². The third kappa shape index (κ3) is 25.7. The van der Waals surface area contributed by atoms with Gasteiger partial charge in [0.2, 0.25) is 5.69 Å². The first-order chi connectivity index (χ1) is 64.9. The van der Waals surface area contributed by atoms with Gasteiger partial charge in [-0.3, -0.25) is 42.0 Å². The molecular weight excluding hydrogens is 2090 g/mol. The monoisotopic (exact) mass is 2140 g/mol. The van der Waals surface area contributed by atoms with Gasteiger partial charge in [-0.1, -0.05) is 90.8 Å². The molecule has 0 unspecified atom stereocenters. The molecule has 12 aromatic carbocycles. The summed E-state index contributed by atoms with van der Waals surface area (Å²) in [6.07, 6.45) is 7.41. The number of nitro benzene ring substituents is 1. The highest BCUT2D eigenvalue weighted by Gasteiger charge is 2.31. The minimum Gasteiger partial charge on any atom is -0.594 e. The second-order valence-corrected chi connectivity index (χ2v) is 39.8. The minimum absolute atomic E-state index is 0. The Bertz CT molecular complexity index is 8020. The number of fused-ring (bicyclic) bond motifs is 3. The van der Waals surface area contributed by atoms with Crippen molar-refractivity contribution in [3.05, 3.63) is 212 Å². The van der Waals surface area contributed by atoms with Gasteiger partial charge in [-0.05, 0) is 149 Å². The first-order valence-electron chi connectivity index (χ1n) is 35.7. The summed E-state index contributed by atoms with van der Waals surface area (Å²) < 4.78 is 264. The summed E-state index contributed by atoms with van der Waals surface area (Å²) in [5.41, 5.74) is 12.7. The van der Waals surface area contributed by atoms with Gasteiger partial charge in [0.1, 0.15) is 57.0 Å². The highest BCUT2D eigenvalue weighted by atomic mass is 32.2. The maximum atomic E-state index is 13.5. The Labute approximate surface area is 794 Å². The number of rotatable bonds is 37. The van der Waals surface area contributed by atoms with Gasteiger partial charge >= 0.3 is 0 Å². The fraction of sp³-hybridized carbons (Fsp3) is 0. The lowest BCUT2D eigenvalue weighted by molar-refractivity contribution is -0.435. The molecule has 66 heteroatoms. The lowest BCUT2D eigenvalue weighted by atomic mass is 10.1. The van der Waals surface area contributed by atoms with E-state index in [1.54, 1.807) is 0 Å². The summed E-state index contributed by atoms with van der Waals surface area (Å²) in [7, 11) is -35.5. The van der Waals surface area contributed by atoms with Crippen LogP contribution in [0.15, 0.2) is 258 Å². The number of azo groups is 4. The normalized spacial score (nSPS) is 12.9. The predicted octanol–water partition coefficient (Wildman–Crippen LogP) is 17.4. The Morgan fingerprint density at radius 2 is 0.580 bits per heavy atom. The van der Waals surface area contributed by atoms with Crippen LogP contribution in [0.3, 0.4) is 0 Å². The molecule has 21 N–H and O–H groups in total. The average molecular weight is 2150 g/mol. The number of benzene rings is 12. The van der Waals surface area contributed by atoms with Crippen LogP contribution in [0.1, 0.15) is 34.8 Å². The maximum Gasteiger partial charge on any atom is 0.297 e. The first kappa shape index (κ1) is 106. The minimum atomic E-state index is -5.37. The Morgan fingerprint density at radius 1 is 0.297 bits per heavy atom. The molecule has 0 saturated heterocycles. The van der Waals surface area contributed by atoms with E-state index in [1.165, 1.54) is 91.0 Å². The van der Waals surface area contributed by atoms with E-state index in [-0.39, 0.29) is 150 Å². The van der Waals surface area contributed by atoms with Crippen LogP contribution >= 0.6 is 60.2 Å². The molecule has 0 radical (unpaired) electrons. The number of nitrogens with two attached hydrogens (primary N) is 3. The molecule has 0 amide bonds. The number of non-ortho nitro benzene ring substituents is 1. The molecule has 0 aliphatic heterocycles. The molecule has 12 aromatic rings. The second kappa shape index (κ2) is 44.1. The van der Waals surface area contributed by atoms with Gasteiger partial charge in [0.05, 0.1) is 114 Å². The average Bonchev–Trinajstić information content (AvgIpc) is 0.751. The molecule has 0 spiro atoms. The van der Waals surface area contributed by atoms with Gasteiger partial charge in [-0.2, -0.15) is 74.3 Å². The molecule has 728 valence electrons. The van der Waals surface area contributed by atoms with Gasteiger partial charge in [0.25, 0.3) is 76.5 Å². The SMILES string of the molecule is Nc1ccc2c(O)c(N=Nc3ccc(/C=C/c4ccc(N=[N+]([O-])c5ccc(/C=C/c6ccc(N=Nc7c(S(=O)(=O)O)cc8c(S(=O)(=O)O)c(N)ccc8c7O)cc6S(=O)(=O)O)c(SOOO)c5)cc4S(=O)(=O)O)c(SOOO)c3)c(SOOO)cc2c1S(=O)(=O)O.Nc1ccc2c(O)c(N=Nc3ccc(/C=C/c4ccc([N+](=O)[O-])cc4S(=O)(=O)O)c(SOOO)c3)c(SOOO)cc2c1S(=O)(=O)O.[2HH]. The fourth-order valence-electron chi connectivity index (χ4n) is 12.3. The van der Waals surface area contributed by atoms with Crippen LogP contribution in [0.25, 0.3) is 68.8 Å². The Kier molecular flexibility index (Phi) is 33.9. The van der Waals surface area contributed by atoms with Crippen LogP contribution in [0, 0.1) is 15.3 Å². The zero-order valence-electron chi connectivity index (χ0n) is 66.9. The number of anilines is 3. The third-order valence-electron chi connectivity index (χ3n) is 18.0. The van der Waals surface area contributed by atoms with E-state index in [0.717, 1.165) is 97.1 Å². The van der Waals surface area contributed by atoms with Crippen LogP contribution in [0.5, 0.6) is 17.2 Å². The number of aromatic hydroxyl groups is 3. The molecule has 0 aromatic heterocycles. The number of hydrogen-bond acceptors (Lipinski definition) is 50. The van der Waals surface area contributed by atoms with Gasteiger partial charge in [-0.25, -0.2) is 26.3 Å². The lowest BCUT2D eigenvalue weighted by Crippen LogP contribution is -2.06. The molecule has 0 aliphatic carbocycles. The van der Waals surface area contributed by atoms with E-state index in [1.807, 2.05) is 0 Å². The van der Waals surface area contributed by atoms with E-state index < -0.39 is 161 Å². The fourth-order valence-corrected chi connectivity index (χ4v) is 20.0. The van der Waals surface area contributed by atoms with E-state index in [4.69, 9.17) is 43.5 Å². The van der Waals surface area contributed by atoms with E-state index in [9.17, 15) is 121 Å². The molecule has 0 bridgehead atoms. The largest absolute Gasteiger partial charge is 0.594 e. The van der Waals surface area contributed by atoms with E-state index in [0.29, 0.717) is 53.8 Å². The van der Waals surface area contributed by atoms with Crippen molar-refractivity contribution in [3.8, 4) is 17.2 Å². The summed E-state index contributed by atoms with van der Waals surface area (Å²) in [6, 6.07) is 30.0. The zero-order chi connectivity index (χ0) is 101. The van der Waals surface area contributed by atoms with Crippen molar-refractivity contribution >= 4 is 268 Å². The summed E-state index contributed by atoms with van der Waals surface area (Å²) in [6.45, 7) is 0. The molecule has 12 rings (SSSR count). The Morgan fingerprint density at radius 3 is 0.935 bits per heavy atom. The number of nitrogens with zero attached hydrogens (tertiary/aromatic N) is 9. The topological polar surface area (TPSA) is 869 Å². The molecule has 0 aliphatic rings. The number of hydrogen-bond donors (Lipinski definition) is 18. The van der Waals surface area contributed by atoms with Gasteiger partial charge in [0, 0.05) is 72.9 Å². The van der Waals surface area contributed by atoms with Crippen molar-refractivity contribution < 1.29 is 190 Å². The molecule has 0 fully saturated rings. The predicted molar refractivity (Wildman–Crippen MR) is 484 cm³/mol. The molecular formula is C72H56N12O42S12. The van der Waals surface area contributed by atoms with Crippen molar-refractivity contribution in [1.29, 1.82) is 0 Å². The summed E-state index contributed by atoms with van der Waals surface area (Å²) in [5.74, 6) is -2.42. The smallest absolute Gasteiger partial charge is 0.297 e. The van der Waals surface area contributed by atoms with Crippen LogP contribution in [0.2, 0.25) is 0 Å². The summed E-state index contributed by atoms with van der Waals surface area (Å²) in [4.78, 5) is 3.98. The van der Waals surface area contributed by atoms with Crippen molar-refractivity contribution in [2.45, 2.75) is 58.7 Å². The zero-order valence-corrected chi connectivity index (χ0v) is 76.7. The van der Waals surface area contributed by atoms with Crippen LogP contribution in [-0.2, 0) is 118 Å². The Hall–Kier alpha value is -12.4. The van der Waals surface area contributed by atoms with Crippen molar-refractivity contribution in [2.75, 3.05) is 17.2 Å².